The highest BCUT2D eigenvalue weighted by Crippen LogP contribution is 2.16. The van der Waals surface area contributed by atoms with E-state index in [0.717, 1.165) is 11.1 Å². The Labute approximate surface area is 170 Å². The molecule has 0 saturated heterocycles. The van der Waals surface area contributed by atoms with Crippen LogP contribution in [0.25, 0.3) is 0 Å². The van der Waals surface area contributed by atoms with E-state index in [4.69, 9.17) is 0 Å². The summed E-state index contributed by atoms with van der Waals surface area (Å²) in [7, 11) is -3.62. The summed E-state index contributed by atoms with van der Waals surface area (Å²) in [6.45, 7) is 4.77. The van der Waals surface area contributed by atoms with E-state index in [0.29, 0.717) is 24.2 Å². The van der Waals surface area contributed by atoms with Crippen molar-refractivity contribution in [3.63, 3.8) is 0 Å². The van der Waals surface area contributed by atoms with Crippen LogP contribution in [0.15, 0.2) is 66.1 Å². The SMILES string of the molecule is CCNS(=O)(=O)c1ccc(C)c(C(=O)NCc2ccccc2Cn2ccnc2)c1. The number of hydrogen-bond donors (Lipinski definition) is 2. The van der Waals surface area contributed by atoms with E-state index in [1.807, 2.05) is 35.0 Å². The summed E-state index contributed by atoms with van der Waals surface area (Å²) in [5, 5.41) is 2.91. The Morgan fingerprint density at radius 3 is 2.59 bits per heavy atom. The Bertz CT molecular complexity index is 1090. The summed E-state index contributed by atoms with van der Waals surface area (Å²) >= 11 is 0. The quantitative estimate of drug-likeness (QED) is 0.594. The molecule has 0 aliphatic rings. The highest BCUT2D eigenvalue weighted by atomic mass is 32.2. The number of nitrogens with one attached hydrogen (secondary N) is 2. The topological polar surface area (TPSA) is 93.1 Å². The number of carbonyl (C=O) groups is 1. The molecular formula is C21H24N4O3S. The van der Waals surface area contributed by atoms with Crippen LogP contribution in [-0.2, 0) is 23.1 Å². The van der Waals surface area contributed by atoms with Gasteiger partial charge < -0.3 is 9.88 Å². The number of imidazole rings is 1. The largest absolute Gasteiger partial charge is 0.348 e. The summed E-state index contributed by atoms with van der Waals surface area (Å²) < 4.78 is 28.9. The second kappa shape index (κ2) is 9.02. The van der Waals surface area contributed by atoms with Gasteiger partial charge in [0.1, 0.15) is 0 Å². The predicted molar refractivity (Wildman–Crippen MR) is 111 cm³/mol. The molecule has 2 N–H and O–H groups in total. The van der Waals surface area contributed by atoms with Crippen molar-refractivity contribution in [1.29, 1.82) is 0 Å². The molecule has 0 unspecified atom stereocenters. The van der Waals surface area contributed by atoms with Crippen molar-refractivity contribution in [2.45, 2.75) is 31.8 Å². The van der Waals surface area contributed by atoms with Gasteiger partial charge in [0.15, 0.2) is 0 Å². The lowest BCUT2D eigenvalue weighted by atomic mass is 10.1. The van der Waals surface area contributed by atoms with Gasteiger partial charge in [-0.3, -0.25) is 4.79 Å². The molecule has 8 heteroatoms. The summed E-state index contributed by atoms with van der Waals surface area (Å²) in [5.41, 5.74) is 3.12. The first-order chi connectivity index (χ1) is 13.9. The molecule has 0 fully saturated rings. The summed E-state index contributed by atoms with van der Waals surface area (Å²) in [6, 6.07) is 12.4. The van der Waals surface area contributed by atoms with Crippen molar-refractivity contribution in [1.82, 2.24) is 19.6 Å². The molecule has 0 aliphatic carbocycles. The number of aromatic nitrogens is 2. The van der Waals surface area contributed by atoms with Gasteiger partial charge in [-0.05, 0) is 35.7 Å². The molecule has 0 aliphatic heterocycles. The van der Waals surface area contributed by atoms with E-state index < -0.39 is 10.0 Å². The molecule has 0 atom stereocenters. The van der Waals surface area contributed by atoms with Crippen molar-refractivity contribution in [3.05, 3.63) is 83.4 Å². The lowest BCUT2D eigenvalue weighted by Crippen LogP contribution is -2.26. The van der Waals surface area contributed by atoms with Crippen LogP contribution in [-0.4, -0.2) is 30.4 Å². The molecule has 1 aromatic heterocycles. The fourth-order valence-electron chi connectivity index (χ4n) is 3.02. The van der Waals surface area contributed by atoms with Crippen LogP contribution in [0.4, 0.5) is 0 Å². The monoisotopic (exact) mass is 412 g/mol. The molecule has 1 amide bonds. The number of benzene rings is 2. The minimum atomic E-state index is -3.62. The van der Waals surface area contributed by atoms with Crippen LogP contribution in [0.2, 0.25) is 0 Å². The minimum absolute atomic E-state index is 0.0793. The molecule has 0 saturated carbocycles. The third-order valence-electron chi connectivity index (χ3n) is 4.57. The van der Waals surface area contributed by atoms with Gasteiger partial charge >= 0.3 is 0 Å². The van der Waals surface area contributed by atoms with Crippen LogP contribution in [0, 0.1) is 6.92 Å². The molecule has 152 valence electrons. The third-order valence-corrected chi connectivity index (χ3v) is 6.11. The molecule has 0 bridgehead atoms. The van der Waals surface area contributed by atoms with Crippen molar-refractivity contribution >= 4 is 15.9 Å². The maximum Gasteiger partial charge on any atom is 0.251 e. The zero-order valence-electron chi connectivity index (χ0n) is 16.4. The van der Waals surface area contributed by atoms with Crippen LogP contribution in [0.5, 0.6) is 0 Å². The lowest BCUT2D eigenvalue weighted by Gasteiger charge is -2.13. The summed E-state index contributed by atoms with van der Waals surface area (Å²) in [6.07, 6.45) is 5.35. The van der Waals surface area contributed by atoms with Crippen LogP contribution in [0.1, 0.15) is 34.0 Å². The van der Waals surface area contributed by atoms with Gasteiger partial charge in [0.2, 0.25) is 10.0 Å². The Kier molecular flexibility index (Phi) is 6.46. The first-order valence-electron chi connectivity index (χ1n) is 9.31. The van der Waals surface area contributed by atoms with E-state index in [1.165, 1.54) is 12.1 Å². The van der Waals surface area contributed by atoms with Gasteiger partial charge in [0, 0.05) is 37.6 Å². The summed E-state index contributed by atoms with van der Waals surface area (Å²) in [4.78, 5) is 16.9. The van der Waals surface area contributed by atoms with Gasteiger partial charge in [-0.25, -0.2) is 18.1 Å². The van der Waals surface area contributed by atoms with Crippen LogP contribution in [0.3, 0.4) is 0 Å². The van der Waals surface area contributed by atoms with E-state index >= 15 is 0 Å². The van der Waals surface area contributed by atoms with Crippen molar-refractivity contribution < 1.29 is 13.2 Å². The van der Waals surface area contributed by atoms with Gasteiger partial charge in [-0.2, -0.15) is 0 Å². The Balaban J connectivity index is 1.77. The minimum Gasteiger partial charge on any atom is -0.348 e. The maximum absolute atomic E-state index is 12.8. The summed E-state index contributed by atoms with van der Waals surface area (Å²) in [5.74, 6) is -0.312. The van der Waals surface area contributed by atoms with E-state index in [9.17, 15) is 13.2 Å². The number of nitrogens with zero attached hydrogens (tertiary/aromatic N) is 2. The van der Waals surface area contributed by atoms with Gasteiger partial charge in [-0.15, -0.1) is 0 Å². The molecule has 7 nitrogen and oxygen atoms in total. The van der Waals surface area contributed by atoms with Crippen LogP contribution >= 0.6 is 0 Å². The fraction of sp³-hybridized carbons (Fsp3) is 0.238. The van der Waals surface area contributed by atoms with Gasteiger partial charge in [-0.1, -0.05) is 37.3 Å². The van der Waals surface area contributed by atoms with Crippen molar-refractivity contribution in [2.24, 2.45) is 0 Å². The normalized spacial score (nSPS) is 11.4. The van der Waals surface area contributed by atoms with Crippen molar-refractivity contribution in [2.75, 3.05) is 6.54 Å². The average Bonchev–Trinajstić information content (AvgIpc) is 3.20. The highest BCUT2D eigenvalue weighted by Gasteiger charge is 2.17. The van der Waals surface area contributed by atoms with E-state index in [1.54, 1.807) is 32.4 Å². The van der Waals surface area contributed by atoms with Crippen molar-refractivity contribution in [3.8, 4) is 0 Å². The number of sulfonamides is 1. The number of rotatable bonds is 8. The van der Waals surface area contributed by atoms with Crippen LogP contribution < -0.4 is 10.0 Å². The van der Waals surface area contributed by atoms with E-state index in [-0.39, 0.29) is 17.3 Å². The second-order valence-electron chi connectivity index (χ2n) is 6.66. The second-order valence-corrected chi connectivity index (χ2v) is 8.43. The molecule has 2 aromatic carbocycles. The third kappa shape index (κ3) is 5.10. The first-order valence-corrected chi connectivity index (χ1v) is 10.8. The number of carbonyl (C=O) groups excluding carboxylic acids is 1. The molecule has 1 heterocycles. The van der Waals surface area contributed by atoms with E-state index in [2.05, 4.69) is 15.0 Å². The molecule has 29 heavy (non-hydrogen) atoms. The van der Waals surface area contributed by atoms with Gasteiger partial charge in [0.25, 0.3) is 5.91 Å². The Hall–Kier alpha value is -2.97. The predicted octanol–water partition coefficient (Wildman–Crippen LogP) is 2.47. The Morgan fingerprint density at radius 1 is 1.14 bits per heavy atom. The highest BCUT2D eigenvalue weighted by molar-refractivity contribution is 7.89. The molecule has 0 spiro atoms. The smallest absolute Gasteiger partial charge is 0.251 e. The lowest BCUT2D eigenvalue weighted by molar-refractivity contribution is 0.0950. The number of hydrogen-bond acceptors (Lipinski definition) is 4. The fourth-order valence-corrected chi connectivity index (χ4v) is 4.09. The average molecular weight is 413 g/mol. The molecular weight excluding hydrogens is 388 g/mol. The first kappa shape index (κ1) is 20.8. The zero-order valence-corrected chi connectivity index (χ0v) is 17.2. The van der Waals surface area contributed by atoms with Gasteiger partial charge in [0.05, 0.1) is 11.2 Å². The molecule has 3 aromatic rings. The Morgan fingerprint density at radius 2 is 1.90 bits per heavy atom. The maximum atomic E-state index is 12.8. The molecule has 0 radical (unpaired) electrons. The standard InChI is InChI=1S/C21H24N4O3S/c1-3-24-29(27,28)19-9-8-16(2)20(12-19)21(26)23-13-17-6-4-5-7-18(17)14-25-11-10-22-15-25/h4-12,15,24H,3,13-14H2,1-2H3,(H,23,26). The zero-order chi connectivity index (χ0) is 20.9. The number of aryl methyl sites for hydroxylation is 1. The number of amides is 1. The molecule has 3 rings (SSSR count).